The van der Waals surface area contributed by atoms with Gasteiger partial charge in [0.1, 0.15) is 0 Å². The van der Waals surface area contributed by atoms with E-state index in [0.29, 0.717) is 12.0 Å². The summed E-state index contributed by atoms with van der Waals surface area (Å²) >= 11 is 0. The first-order chi connectivity index (χ1) is 7.72. The van der Waals surface area contributed by atoms with Crippen LogP contribution in [0.5, 0.6) is 0 Å². The maximum absolute atomic E-state index is 9.04. The van der Waals surface area contributed by atoms with Crippen LogP contribution in [0.3, 0.4) is 0 Å². The minimum absolute atomic E-state index is 0.256. The molecule has 0 aliphatic heterocycles. The van der Waals surface area contributed by atoms with Crippen LogP contribution in [0.1, 0.15) is 30.9 Å². The van der Waals surface area contributed by atoms with Crippen molar-refractivity contribution >= 4 is 0 Å². The molecule has 0 aromatic heterocycles. The molecule has 0 bridgehead atoms. The van der Waals surface area contributed by atoms with Crippen LogP contribution in [-0.2, 0) is 6.42 Å². The van der Waals surface area contributed by atoms with E-state index in [9.17, 15) is 0 Å². The quantitative estimate of drug-likeness (QED) is 0.819. The van der Waals surface area contributed by atoms with Gasteiger partial charge in [-0.25, -0.2) is 0 Å². The number of rotatable bonds is 5. The minimum atomic E-state index is 0.256. The zero-order valence-electron chi connectivity index (χ0n) is 10.2. The van der Waals surface area contributed by atoms with Crippen LogP contribution in [-0.4, -0.2) is 35.7 Å². The van der Waals surface area contributed by atoms with E-state index in [4.69, 9.17) is 5.11 Å². The summed E-state index contributed by atoms with van der Waals surface area (Å²) in [5.74, 6) is 0.671. The first-order valence-electron chi connectivity index (χ1n) is 6.15. The maximum Gasteiger partial charge on any atom is 0.0558 e. The molecule has 1 aliphatic carbocycles. The van der Waals surface area contributed by atoms with Crippen molar-refractivity contribution in [2.75, 3.05) is 19.7 Å². The summed E-state index contributed by atoms with van der Waals surface area (Å²) in [5, 5.41) is 9.04. The van der Waals surface area contributed by atoms with Crippen LogP contribution in [0.4, 0.5) is 0 Å². The van der Waals surface area contributed by atoms with Gasteiger partial charge in [-0.1, -0.05) is 24.3 Å². The lowest BCUT2D eigenvalue weighted by Gasteiger charge is -2.36. The Kier molecular flexibility index (Phi) is 3.62. The Bertz CT molecular complexity index is 348. The summed E-state index contributed by atoms with van der Waals surface area (Å²) in [6.07, 6.45) is 1.20. The van der Waals surface area contributed by atoms with Crippen molar-refractivity contribution in [2.24, 2.45) is 0 Å². The fraction of sp³-hybridized carbons (Fsp3) is 0.571. The number of benzene rings is 1. The zero-order valence-corrected chi connectivity index (χ0v) is 10.2. The summed E-state index contributed by atoms with van der Waals surface area (Å²) in [5.41, 5.74) is 3.01. The molecule has 88 valence electrons. The van der Waals surface area contributed by atoms with E-state index in [0.717, 1.165) is 13.1 Å². The summed E-state index contributed by atoms with van der Waals surface area (Å²) in [6, 6.07) is 9.21. The summed E-state index contributed by atoms with van der Waals surface area (Å²) in [7, 11) is 0. The van der Waals surface area contributed by atoms with Crippen molar-refractivity contribution in [3.05, 3.63) is 35.4 Å². The Labute approximate surface area is 97.9 Å². The molecule has 1 aliphatic rings. The molecule has 1 unspecified atom stereocenters. The number of fused-ring (bicyclic) bond motifs is 1. The molecule has 2 heteroatoms. The zero-order chi connectivity index (χ0) is 11.5. The highest BCUT2D eigenvalue weighted by Crippen LogP contribution is 2.35. The molecular weight excluding hydrogens is 198 g/mol. The monoisotopic (exact) mass is 219 g/mol. The van der Waals surface area contributed by atoms with Crippen LogP contribution < -0.4 is 0 Å². The Hall–Kier alpha value is -0.860. The highest BCUT2D eigenvalue weighted by Gasteiger charge is 2.27. The molecule has 1 aromatic carbocycles. The van der Waals surface area contributed by atoms with Gasteiger partial charge in [0.15, 0.2) is 0 Å². The van der Waals surface area contributed by atoms with E-state index < -0.39 is 0 Å². The van der Waals surface area contributed by atoms with Gasteiger partial charge in [-0.3, -0.25) is 4.90 Å². The molecule has 0 saturated carbocycles. The number of hydrogen-bond donors (Lipinski definition) is 1. The van der Waals surface area contributed by atoms with E-state index in [2.05, 4.69) is 43.0 Å². The average molecular weight is 219 g/mol. The van der Waals surface area contributed by atoms with Crippen molar-refractivity contribution < 1.29 is 5.11 Å². The Morgan fingerprint density at radius 3 is 2.75 bits per heavy atom. The highest BCUT2D eigenvalue weighted by molar-refractivity contribution is 5.40. The molecule has 0 saturated heterocycles. The Morgan fingerprint density at radius 1 is 1.38 bits per heavy atom. The third kappa shape index (κ3) is 2.28. The second-order valence-electron chi connectivity index (χ2n) is 4.91. The molecule has 0 radical (unpaired) electrons. The van der Waals surface area contributed by atoms with E-state index >= 15 is 0 Å². The van der Waals surface area contributed by atoms with Crippen LogP contribution >= 0.6 is 0 Å². The molecule has 1 atom stereocenters. The predicted molar refractivity (Wildman–Crippen MR) is 66.7 cm³/mol. The molecule has 0 heterocycles. The first kappa shape index (κ1) is 11.6. The average Bonchev–Trinajstić information content (AvgIpc) is 2.24. The molecular formula is C14H21NO. The third-order valence-corrected chi connectivity index (χ3v) is 3.53. The molecule has 0 amide bonds. The Balaban J connectivity index is 1.97. The van der Waals surface area contributed by atoms with Gasteiger partial charge in [0.25, 0.3) is 0 Å². The molecule has 1 aromatic rings. The van der Waals surface area contributed by atoms with Crippen molar-refractivity contribution in [1.29, 1.82) is 0 Å². The van der Waals surface area contributed by atoms with Crippen molar-refractivity contribution in [1.82, 2.24) is 4.90 Å². The topological polar surface area (TPSA) is 23.5 Å². The van der Waals surface area contributed by atoms with Crippen LogP contribution in [0, 0.1) is 0 Å². The van der Waals surface area contributed by atoms with Crippen molar-refractivity contribution in [3.63, 3.8) is 0 Å². The van der Waals surface area contributed by atoms with Crippen LogP contribution in [0.2, 0.25) is 0 Å². The summed E-state index contributed by atoms with van der Waals surface area (Å²) < 4.78 is 0. The third-order valence-electron chi connectivity index (χ3n) is 3.53. The van der Waals surface area contributed by atoms with Gasteiger partial charge in [0.05, 0.1) is 6.61 Å². The molecule has 0 spiro atoms. The minimum Gasteiger partial charge on any atom is -0.395 e. The number of hydrogen-bond acceptors (Lipinski definition) is 2. The van der Waals surface area contributed by atoms with Crippen LogP contribution in [0.25, 0.3) is 0 Å². The second kappa shape index (κ2) is 4.98. The molecule has 2 nitrogen and oxygen atoms in total. The van der Waals surface area contributed by atoms with Gasteiger partial charge in [-0.15, -0.1) is 0 Å². The summed E-state index contributed by atoms with van der Waals surface area (Å²) in [4.78, 5) is 2.36. The molecule has 16 heavy (non-hydrogen) atoms. The van der Waals surface area contributed by atoms with Crippen LogP contribution in [0.15, 0.2) is 24.3 Å². The highest BCUT2D eigenvalue weighted by atomic mass is 16.3. The van der Waals surface area contributed by atoms with E-state index in [1.54, 1.807) is 0 Å². The number of nitrogens with zero attached hydrogens (tertiary/aromatic N) is 1. The lowest BCUT2D eigenvalue weighted by atomic mass is 9.77. The molecule has 1 N–H and O–H groups in total. The van der Waals surface area contributed by atoms with Gasteiger partial charge in [0.2, 0.25) is 0 Å². The fourth-order valence-corrected chi connectivity index (χ4v) is 2.50. The largest absolute Gasteiger partial charge is 0.395 e. The predicted octanol–water partition coefficient (Wildman–Crippen LogP) is 2.03. The van der Waals surface area contributed by atoms with E-state index in [1.807, 2.05) is 0 Å². The fourth-order valence-electron chi connectivity index (χ4n) is 2.50. The summed E-state index contributed by atoms with van der Waals surface area (Å²) in [6.45, 7) is 6.51. The van der Waals surface area contributed by atoms with E-state index in [1.165, 1.54) is 17.5 Å². The number of aliphatic hydroxyl groups is 1. The lowest BCUT2D eigenvalue weighted by molar-refractivity contribution is 0.154. The standard InChI is InChI=1S/C14H21NO/c1-11(2)15(7-8-16)10-13-9-12-5-3-4-6-14(12)13/h3-6,11,13,16H,7-10H2,1-2H3. The van der Waals surface area contributed by atoms with Gasteiger partial charge in [0, 0.05) is 25.0 Å². The van der Waals surface area contributed by atoms with Gasteiger partial charge >= 0.3 is 0 Å². The van der Waals surface area contributed by atoms with Crippen molar-refractivity contribution in [2.45, 2.75) is 32.2 Å². The lowest BCUT2D eigenvalue weighted by Crippen LogP contribution is -2.39. The molecule has 0 fully saturated rings. The van der Waals surface area contributed by atoms with Crippen molar-refractivity contribution in [3.8, 4) is 0 Å². The number of aliphatic hydroxyl groups excluding tert-OH is 1. The smallest absolute Gasteiger partial charge is 0.0558 e. The van der Waals surface area contributed by atoms with Gasteiger partial charge < -0.3 is 5.11 Å². The Morgan fingerprint density at radius 2 is 2.12 bits per heavy atom. The van der Waals surface area contributed by atoms with Gasteiger partial charge in [-0.2, -0.15) is 0 Å². The van der Waals surface area contributed by atoms with Gasteiger partial charge in [-0.05, 0) is 31.4 Å². The van der Waals surface area contributed by atoms with E-state index in [-0.39, 0.29) is 6.61 Å². The normalized spacial score (nSPS) is 18.7. The first-order valence-corrected chi connectivity index (χ1v) is 6.15. The SMILES string of the molecule is CC(C)N(CCO)CC1Cc2ccccc21. The molecule has 2 rings (SSSR count). The maximum atomic E-state index is 9.04. The second-order valence-corrected chi connectivity index (χ2v) is 4.91.